The molecule has 0 aliphatic heterocycles. The molecule has 0 saturated carbocycles. The summed E-state index contributed by atoms with van der Waals surface area (Å²) in [6.07, 6.45) is 1.00. The molecule has 0 aliphatic rings. The highest BCUT2D eigenvalue weighted by atomic mass is 35.5. The Labute approximate surface area is 113 Å². The molecule has 0 unspecified atom stereocenters. The summed E-state index contributed by atoms with van der Waals surface area (Å²) in [5, 5.41) is 6.17. The van der Waals surface area contributed by atoms with Crippen molar-refractivity contribution in [3.05, 3.63) is 41.4 Å². The molecule has 0 radical (unpaired) electrons. The van der Waals surface area contributed by atoms with Gasteiger partial charge in [-0.25, -0.2) is 0 Å². The summed E-state index contributed by atoms with van der Waals surface area (Å²) in [5.74, 6) is 0.909. The van der Waals surface area contributed by atoms with Crippen LogP contribution in [0.1, 0.15) is 13.3 Å². The average molecular weight is 264 g/mol. The van der Waals surface area contributed by atoms with Crippen molar-refractivity contribution in [2.24, 2.45) is 0 Å². The smallest absolute Gasteiger partial charge is 0.127 e. The van der Waals surface area contributed by atoms with E-state index in [9.17, 15) is 0 Å². The summed E-state index contributed by atoms with van der Waals surface area (Å²) in [5.41, 5.74) is 0. The zero-order chi connectivity index (χ0) is 12.8. The van der Waals surface area contributed by atoms with Crippen molar-refractivity contribution in [2.75, 3.05) is 19.7 Å². The molecule has 0 amide bonds. The fraction of sp³-hybridized carbons (Fsp3) is 0.333. The topological polar surface area (TPSA) is 21.3 Å². The second kappa shape index (κ2) is 6.62. The van der Waals surface area contributed by atoms with Gasteiger partial charge in [-0.15, -0.1) is 0 Å². The highest BCUT2D eigenvalue weighted by Crippen LogP contribution is 2.31. The van der Waals surface area contributed by atoms with Gasteiger partial charge >= 0.3 is 0 Å². The second-order valence-corrected chi connectivity index (χ2v) is 4.55. The van der Waals surface area contributed by atoms with Gasteiger partial charge in [0.05, 0.1) is 6.61 Å². The minimum Gasteiger partial charge on any atom is -0.493 e. The van der Waals surface area contributed by atoms with Gasteiger partial charge in [-0.2, -0.15) is 0 Å². The van der Waals surface area contributed by atoms with Gasteiger partial charge in [0.2, 0.25) is 0 Å². The molecule has 2 nitrogen and oxygen atoms in total. The zero-order valence-electron chi connectivity index (χ0n) is 10.6. The molecule has 96 valence electrons. The van der Waals surface area contributed by atoms with Crippen LogP contribution in [0.25, 0.3) is 10.8 Å². The molecule has 1 N–H and O–H groups in total. The highest BCUT2D eigenvalue weighted by Gasteiger charge is 2.04. The number of rotatable bonds is 6. The Morgan fingerprint density at radius 2 is 1.89 bits per heavy atom. The van der Waals surface area contributed by atoms with Crippen molar-refractivity contribution in [2.45, 2.75) is 13.3 Å². The predicted molar refractivity (Wildman–Crippen MR) is 77.6 cm³/mol. The molecule has 0 aromatic heterocycles. The fourth-order valence-corrected chi connectivity index (χ4v) is 2.14. The molecular weight excluding hydrogens is 246 g/mol. The van der Waals surface area contributed by atoms with Gasteiger partial charge in [0.15, 0.2) is 0 Å². The monoisotopic (exact) mass is 263 g/mol. The molecule has 2 aromatic carbocycles. The van der Waals surface area contributed by atoms with E-state index in [-0.39, 0.29) is 0 Å². The van der Waals surface area contributed by atoms with Gasteiger partial charge in [0.1, 0.15) is 5.75 Å². The van der Waals surface area contributed by atoms with Crippen molar-refractivity contribution in [3.8, 4) is 5.75 Å². The van der Waals surface area contributed by atoms with Crippen LogP contribution in [-0.4, -0.2) is 19.7 Å². The predicted octanol–water partition coefficient (Wildman–Crippen LogP) is 3.87. The van der Waals surface area contributed by atoms with Crippen LogP contribution in [0.3, 0.4) is 0 Å². The standard InChI is InChI=1S/C15H18ClNO/c1-2-17-10-5-11-18-15-9-8-14(16)12-6-3-4-7-13(12)15/h3-4,6-9,17H,2,5,10-11H2,1H3. The minimum atomic E-state index is 0.721. The maximum Gasteiger partial charge on any atom is 0.127 e. The Hall–Kier alpha value is -1.25. The molecular formula is C15H18ClNO. The lowest BCUT2D eigenvalue weighted by Crippen LogP contribution is -2.16. The van der Waals surface area contributed by atoms with Crippen LogP contribution < -0.4 is 10.1 Å². The summed E-state index contributed by atoms with van der Waals surface area (Å²) in [7, 11) is 0. The summed E-state index contributed by atoms with van der Waals surface area (Å²) >= 11 is 6.17. The van der Waals surface area contributed by atoms with Crippen molar-refractivity contribution in [1.82, 2.24) is 5.32 Å². The number of fused-ring (bicyclic) bond motifs is 1. The van der Waals surface area contributed by atoms with Crippen molar-refractivity contribution in [1.29, 1.82) is 0 Å². The quantitative estimate of drug-likeness (QED) is 0.799. The third-order valence-electron chi connectivity index (χ3n) is 2.84. The van der Waals surface area contributed by atoms with Gasteiger partial charge < -0.3 is 10.1 Å². The lowest BCUT2D eigenvalue weighted by atomic mass is 10.1. The van der Waals surface area contributed by atoms with Crippen LogP contribution in [0.4, 0.5) is 0 Å². The van der Waals surface area contributed by atoms with E-state index in [0.29, 0.717) is 0 Å². The number of hydrogen-bond acceptors (Lipinski definition) is 2. The van der Waals surface area contributed by atoms with Crippen molar-refractivity contribution >= 4 is 22.4 Å². The lowest BCUT2D eigenvalue weighted by Gasteiger charge is -2.10. The highest BCUT2D eigenvalue weighted by molar-refractivity contribution is 6.35. The van der Waals surface area contributed by atoms with Crippen LogP contribution in [0.5, 0.6) is 5.75 Å². The summed E-state index contributed by atoms with van der Waals surface area (Å²) in [4.78, 5) is 0. The van der Waals surface area contributed by atoms with Gasteiger partial charge in [-0.1, -0.05) is 42.8 Å². The van der Waals surface area contributed by atoms with Gasteiger partial charge in [0.25, 0.3) is 0 Å². The maximum absolute atomic E-state index is 6.17. The first-order valence-electron chi connectivity index (χ1n) is 6.33. The Morgan fingerprint density at radius 3 is 2.67 bits per heavy atom. The van der Waals surface area contributed by atoms with Crippen LogP contribution in [0, 0.1) is 0 Å². The Bertz CT molecular complexity index is 513. The molecule has 0 saturated heterocycles. The van der Waals surface area contributed by atoms with Crippen LogP contribution in [0.15, 0.2) is 36.4 Å². The molecule has 2 rings (SSSR count). The van der Waals surface area contributed by atoms with Gasteiger partial charge in [-0.05, 0) is 31.6 Å². The number of halogens is 1. The van der Waals surface area contributed by atoms with E-state index in [0.717, 1.165) is 47.7 Å². The number of ether oxygens (including phenoxy) is 1. The SMILES string of the molecule is CCNCCCOc1ccc(Cl)c2ccccc12. The Kier molecular flexibility index (Phi) is 4.85. The fourth-order valence-electron chi connectivity index (χ4n) is 1.92. The van der Waals surface area contributed by atoms with E-state index in [1.807, 2.05) is 36.4 Å². The molecule has 0 fully saturated rings. The molecule has 0 heterocycles. The van der Waals surface area contributed by atoms with E-state index in [1.54, 1.807) is 0 Å². The second-order valence-electron chi connectivity index (χ2n) is 4.15. The summed E-state index contributed by atoms with van der Waals surface area (Å²) in [6.45, 7) is 4.82. The van der Waals surface area contributed by atoms with E-state index in [1.165, 1.54) is 0 Å². The molecule has 0 spiro atoms. The van der Waals surface area contributed by atoms with Crippen molar-refractivity contribution < 1.29 is 4.74 Å². The molecule has 0 bridgehead atoms. The largest absolute Gasteiger partial charge is 0.493 e. The first-order chi connectivity index (χ1) is 8.83. The molecule has 0 aliphatic carbocycles. The summed E-state index contributed by atoms with van der Waals surface area (Å²) in [6, 6.07) is 11.9. The maximum atomic E-state index is 6.17. The average Bonchev–Trinajstić information content (AvgIpc) is 2.41. The Morgan fingerprint density at radius 1 is 1.11 bits per heavy atom. The zero-order valence-corrected chi connectivity index (χ0v) is 11.3. The van der Waals surface area contributed by atoms with E-state index in [4.69, 9.17) is 16.3 Å². The normalized spacial score (nSPS) is 10.8. The van der Waals surface area contributed by atoms with Crippen LogP contribution >= 0.6 is 11.6 Å². The number of benzene rings is 2. The molecule has 0 atom stereocenters. The molecule has 18 heavy (non-hydrogen) atoms. The summed E-state index contributed by atoms with van der Waals surface area (Å²) < 4.78 is 5.82. The third-order valence-corrected chi connectivity index (χ3v) is 3.17. The van der Waals surface area contributed by atoms with E-state index < -0.39 is 0 Å². The number of hydrogen-bond donors (Lipinski definition) is 1. The van der Waals surface area contributed by atoms with E-state index in [2.05, 4.69) is 12.2 Å². The first kappa shape index (κ1) is 13.2. The minimum absolute atomic E-state index is 0.721. The Balaban J connectivity index is 2.07. The van der Waals surface area contributed by atoms with Gasteiger partial charge in [-0.3, -0.25) is 0 Å². The van der Waals surface area contributed by atoms with Gasteiger partial charge in [0, 0.05) is 15.8 Å². The third kappa shape index (κ3) is 3.15. The van der Waals surface area contributed by atoms with E-state index >= 15 is 0 Å². The lowest BCUT2D eigenvalue weighted by molar-refractivity contribution is 0.312. The molecule has 3 heteroatoms. The van der Waals surface area contributed by atoms with Crippen LogP contribution in [0.2, 0.25) is 5.02 Å². The molecule has 2 aromatic rings. The van der Waals surface area contributed by atoms with Crippen LogP contribution in [-0.2, 0) is 0 Å². The first-order valence-corrected chi connectivity index (χ1v) is 6.71. The number of nitrogens with one attached hydrogen (secondary N) is 1. The van der Waals surface area contributed by atoms with Crippen molar-refractivity contribution in [3.63, 3.8) is 0 Å².